The number of aromatic nitrogens is 2. The average molecular weight is 426 g/mol. The van der Waals surface area contributed by atoms with Gasteiger partial charge in [0.2, 0.25) is 0 Å². The number of aryl methyl sites for hydroxylation is 2. The van der Waals surface area contributed by atoms with Crippen molar-refractivity contribution in [2.75, 3.05) is 39.3 Å². The normalized spacial score (nSPS) is 11.0. The van der Waals surface area contributed by atoms with E-state index < -0.39 is 5.56 Å². The second-order valence-corrected chi connectivity index (χ2v) is 7.74. The highest BCUT2D eigenvalue weighted by atomic mass is 19.1. The maximum absolute atomic E-state index is 13.7. The lowest BCUT2D eigenvalue weighted by Gasteiger charge is -2.25. The third kappa shape index (κ3) is 4.91. The van der Waals surface area contributed by atoms with E-state index in [9.17, 15) is 14.0 Å². The van der Waals surface area contributed by atoms with Crippen LogP contribution in [0.2, 0.25) is 0 Å². The first-order chi connectivity index (χ1) is 14.7. The summed E-state index contributed by atoms with van der Waals surface area (Å²) in [7, 11) is 5.24. The molecular formula is C23H27FN4O3. The predicted octanol–water partition coefficient (Wildman–Crippen LogP) is 3.03. The second-order valence-electron chi connectivity index (χ2n) is 7.74. The van der Waals surface area contributed by atoms with Gasteiger partial charge in [-0.15, -0.1) is 0 Å². The van der Waals surface area contributed by atoms with Crippen molar-refractivity contribution in [3.05, 3.63) is 68.9 Å². The Labute approximate surface area is 180 Å². The van der Waals surface area contributed by atoms with Gasteiger partial charge in [-0.25, -0.2) is 9.37 Å². The molecule has 8 heteroatoms. The Morgan fingerprint density at radius 2 is 1.94 bits per heavy atom. The Kier molecular flexibility index (Phi) is 6.70. The summed E-state index contributed by atoms with van der Waals surface area (Å²) in [6, 6.07) is 7.94. The first-order valence-electron chi connectivity index (χ1n) is 9.96. The summed E-state index contributed by atoms with van der Waals surface area (Å²) in [5, 5.41) is 0.769. The van der Waals surface area contributed by atoms with Gasteiger partial charge in [0.05, 0.1) is 12.1 Å². The molecular weight excluding hydrogens is 399 g/mol. The number of nitrogens with zero attached hydrogens (tertiary/aromatic N) is 3. The number of halogens is 1. The smallest absolute Gasteiger partial charge is 0.261 e. The fraction of sp³-hybridized carbons (Fsp3) is 0.348. The molecule has 3 rings (SSSR count). The molecule has 0 fully saturated rings. The molecule has 164 valence electrons. The number of nitrogens with one attached hydrogen (secondary N) is 1. The van der Waals surface area contributed by atoms with E-state index in [1.54, 1.807) is 31.1 Å². The minimum Gasteiger partial charge on any atom is -0.383 e. The lowest BCUT2D eigenvalue weighted by Crippen LogP contribution is -2.37. The quantitative estimate of drug-likeness (QED) is 0.628. The van der Waals surface area contributed by atoms with Gasteiger partial charge >= 0.3 is 0 Å². The van der Waals surface area contributed by atoms with E-state index in [0.29, 0.717) is 24.5 Å². The van der Waals surface area contributed by atoms with Crippen LogP contribution in [0.3, 0.4) is 0 Å². The summed E-state index contributed by atoms with van der Waals surface area (Å²) in [5.41, 5.74) is 2.54. The number of hydrogen-bond donors (Lipinski definition) is 1. The zero-order chi connectivity index (χ0) is 22.7. The van der Waals surface area contributed by atoms with Crippen LogP contribution in [-0.4, -0.2) is 55.1 Å². The van der Waals surface area contributed by atoms with E-state index in [1.807, 2.05) is 32.0 Å². The number of amides is 1. The lowest BCUT2D eigenvalue weighted by molar-refractivity contribution is 0.0678. The van der Waals surface area contributed by atoms with Crippen LogP contribution in [0.5, 0.6) is 0 Å². The first-order valence-corrected chi connectivity index (χ1v) is 9.96. The van der Waals surface area contributed by atoms with Gasteiger partial charge in [0.15, 0.2) is 0 Å². The van der Waals surface area contributed by atoms with Crippen LogP contribution in [-0.2, 0) is 11.3 Å². The topological polar surface area (TPSA) is 78.5 Å². The van der Waals surface area contributed by atoms with E-state index in [0.717, 1.165) is 22.2 Å². The van der Waals surface area contributed by atoms with Crippen LogP contribution in [0.15, 0.2) is 35.1 Å². The Balaban J connectivity index is 2.04. The summed E-state index contributed by atoms with van der Waals surface area (Å²) < 4.78 is 18.8. The highest BCUT2D eigenvalue weighted by molar-refractivity contribution is 5.94. The zero-order valence-electron chi connectivity index (χ0n) is 18.5. The van der Waals surface area contributed by atoms with Gasteiger partial charge < -0.3 is 19.5 Å². The van der Waals surface area contributed by atoms with E-state index in [4.69, 9.17) is 4.74 Å². The second kappa shape index (κ2) is 9.26. The summed E-state index contributed by atoms with van der Waals surface area (Å²) in [4.78, 5) is 36.5. The molecule has 7 nitrogen and oxygen atoms in total. The van der Waals surface area contributed by atoms with Gasteiger partial charge in [-0.05, 0) is 43.7 Å². The van der Waals surface area contributed by atoms with E-state index in [-0.39, 0.29) is 23.8 Å². The highest BCUT2D eigenvalue weighted by Gasteiger charge is 2.22. The fourth-order valence-electron chi connectivity index (χ4n) is 3.39. The minimum atomic E-state index is -0.421. The Morgan fingerprint density at radius 1 is 1.19 bits per heavy atom. The number of carbonyl (C=O) groups is 1. The monoisotopic (exact) mass is 426 g/mol. The highest BCUT2D eigenvalue weighted by Crippen LogP contribution is 2.25. The van der Waals surface area contributed by atoms with E-state index in [1.165, 1.54) is 12.1 Å². The summed E-state index contributed by atoms with van der Waals surface area (Å²) in [5.74, 6) is -0.115. The Hall–Kier alpha value is -3.26. The largest absolute Gasteiger partial charge is 0.383 e. The summed E-state index contributed by atoms with van der Waals surface area (Å²) in [6.45, 7) is 4.48. The average Bonchev–Trinajstić information content (AvgIpc) is 2.72. The third-order valence-electron chi connectivity index (χ3n) is 5.20. The van der Waals surface area contributed by atoms with Crippen LogP contribution >= 0.6 is 0 Å². The SMILES string of the molecule is COCCN(Cc1cc2ccc(F)cc2nc1N(C)C)C(=O)c1cc(C)c(C)[nH]c1=O. The Bertz CT molecular complexity index is 1170. The number of methoxy groups -OCH3 is 1. The summed E-state index contributed by atoms with van der Waals surface area (Å²) >= 11 is 0. The van der Waals surface area contributed by atoms with E-state index >= 15 is 0 Å². The molecule has 0 spiro atoms. The van der Waals surface area contributed by atoms with Crippen molar-refractivity contribution in [2.45, 2.75) is 20.4 Å². The number of ether oxygens (including phenoxy) is 1. The standard InChI is InChI=1S/C23H27FN4O3/c1-14-10-19(22(29)25-15(14)2)23(30)28(8-9-31-5)13-17-11-16-6-7-18(24)12-20(16)26-21(17)27(3)4/h6-7,10-12H,8-9,13H2,1-5H3,(H,25,29). The van der Waals surface area contributed by atoms with Crippen molar-refractivity contribution in [2.24, 2.45) is 0 Å². The number of benzene rings is 1. The molecule has 2 aromatic heterocycles. The molecule has 0 aliphatic carbocycles. The van der Waals surface area contributed by atoms with Gasteiger partial charge in [0, 0.05) is 57.0 Å². The van der Waals surface area contributed by atoms with Crippen LogP contribution < -0.4 is 10.5 Å². The third-order valence-corrected chi connectivity index (χ3v) is 5.20. The molecule has 0 atom stereocenters. The van der Waals surface area contributed by atoms with Crippen molar-refractivity contribution in [3.63, 3.8) is 0 Å². The zero-order valence-corrected chi connectivity index (χ0v) is 18.5. The number of hydrogen-bond acceptors (Lipinski definition) is 5. The number of H-pyrrole nitrogens is 1. The lowest BCUT2D eigenvalue weighted by atomic mass is 10.1. The molecule has 0 radical (unpaired) electrons. The first kappa shape index (κ1) is 22.4. The molecule has 0 unspecified atom stereocenters. The van der Waals surface area contributed by atoms with Crippen molar-refractivity contribution < 1.29 is 13.9 Å². The maximum Gasteiger partial charge on any atom is 0.261 e. The number of carbonyl (C=O) groups excluding carboxylic acids is 1. The molecule has 1 amide bonds. The molecule has 0 bridgehead atoms. The van der Waals surface area contributed by atoms with Crippen molar-refractivity contribution in [1.29, 1.82) is 0 Å². The number of aromatic amines is 1. The molecule has 0 saturated carbocycles. The fourth-order valence-corrected chi connectivity index (χ4v) is 3.39. The molecule has 3 aromatic rings. The van der Waals surface area contributed by atoms with Gasteiger partial charge in [-0.1, -0.05) is 0 Å². The van der Waals surface area contributed by atoms with Gasteiger partial charge in [-0.2, -0.15) is 0 Å². The summed E-state index contributed by atoms with van der Waals surface area (Å²) in [6.07, 6.45) is 0. The maximum atomic E-state index is 13.7. The number of rotatable bonds is 7. The van der Waals surface area contributed by atoms with Gasteiger partial charge in [0.25, 0.3) is 11.5 Å². The molecule has 31 heavy (non-hydrogen) atoms. The van der Waals surface area contributed by atoms with Crippen molar-refractivity contribution in [1.82, 2.24) is 14.9 Å². The van der Waals surface area contributed by atoms with Crippen LogP contribution in [0.1, 0.15) is 27.2 Å². The minimum absolute atomic E-state index is 0.0847. The molecule has 0 saturated heterocycles. The molecule has 2 heterocycles. The Morgan fingerprint density at radius 3 is 2.61 bits per heavy atom. The molecule has 1 aromatic carbocycles. The molecule has 0 aliphatic rings. The number of fused-ring (bicyclic) bond motifs is 1. The van der Waals surface area contributed by atoms with Crippen molar-refractivity contribution in [3.8, 4) is 0 Å². The van der Waals surface area contributed by atoms with Crippen LogP contribution in [0.25, 0.3) is 10.9 Å². The molecule has 1 N–H and O–H groups in total. The van der Waals surface area contributed by atoms with E-state index in [2.05, 4.69) is 9.97 Å². The van der Waals surface area contributed by atoms with Gasteiger partial charge in [-0.3, -0.25) is 9.59 Å². The number of pyridine rings is 2. The van der Waals surface area contributed by atoms with Crippen molar-refractivity contribution >= 4 is 22.6 Å². The van der Waals surface area contributed by atoms with Crippen LogP contribution in [0.4, 0.5) is 10.2 Å². The van der Waals surface area contributed by atoms with Gasteiger partial charge in [0.1, 0.15) is 17.2 Å². The molecule has 0 aliphatic heterocycles. The number of anilines is 1. The predicted molar refractivity (Wildman–Crippen MR) is 119 cm³/mol. The van der Waals surface area contributed by atoms with Crippen LogP contribution in [0, 0.1) is 19.7 Å².